The Morgan fingerprint density at radius 3 is 2.10 bits per heavy atom. The molecule has 0 bridgehead atoms. The lowest BCUT2D eigenvalue weighted by atomic mass is 10.1. The number of hydrogen-bond donors (Lipinski definition) is 2. The van der Waals surface area contributed by atoms with Crippen molar-refractivity contribution in [3.05, 3.63) is 79.9 Å². The van der Waals surface area contributed by atoms with Gasteiger partial charge in [-0.1, -0.05) is 17.7 Å². The van der Waals surface area contributed by atoms with Gasteiger partial charge in [0.2, 0.25) is 0 Å². The Balaban J connectivity index is 2.08. The van der Waals surface area contributed by atoms with Crippen molar-refractivity contribution in [3.8, 4) is 0 Å². The number of aryl methyl sites for hydroxylation is 2. The molecule has 3 rings (SSSR count). The maximum absolute atomic E-state index is 12.4. The van der Waals surface area contributed by atoms with Gasteiger partial charge in [-0.25, -0.2) is 4.68 Å². The monoisotopic (exact) mass is 397 g/mol. The fourth-order valence-electron chi connectivity index (χ4n) is 2.69. The van der Waals surface area contributed by atoms with E-state index in [-0.39, 0.29) is 11.3 Å². The van der Waals surface area contributed by atoms with Gasteiger partial charge >= 0.3 is 11.4 Å². The fraction of sp³-hybridized carbons (Fsp3) is 0.118. The summed E-state index contributed by atoms with van der Waals surface area (Å²) in [6.07, 6.45) is 2.38. The van der Waals surface area contributed by atoms with Gasteiger partial charge in [0.05, 0.1) is 15.4 Å². The summed E-state index contributed by atoms with van der Waals surface area (Å²) in [6, 6.07) is 7.22. The van der Waals surface area contributed by atoms with Crippen LogP contribution in [0.25, 0.3) is 0 Å². The van der Waals surface area contributed by atoms with Crippen molar-refractivity contribution in [2.75, 3.05) is 10.7 Å². The van der Waals surface area contributed by atoms with Crippen molar-refractivity contribution in [1.82, 2.24) is 14.9 Å². The van der Waals surface area contributed by atoms with E-state index < -0.39 is 27.1 Å². The number of nitrogens with one attached hydrogen (secondary N) is 2. The minimum Gasteiger partial charge on any atom is -0.344 e. The molecule has 1 heterocycles. The number of anilines is 2. The first-order valence-corrected chi connectivity index (χ1v) is 8.23. The number of nitrogens with zero attached hydrogens (tertiary/aromatic N) is 5. The average Bonchev–Trinajstić information content (AvgIpc) is 3.16. The predicted molar refractivity (Wildman–Crippen MR) is 103 cm³/mol. The van der Waals surface area contributed by atoms with Crippen LogP contribution in [0, 0.1) is 34.1 Å². The Kier molecular flexibility index (Phi) is 5.17. The lowest BCUT2D eigenvalue weighted by Gasteiger charge is -2.12. The topological polar surface area (TPSA) is 158 Å². The molecule has 0 radical (unpaired) electrons. The molecular formula is C17H15N7O5. The molecule has 0 saturated carbocycles. The summed E-state index contributed by atoms with van der Waals surface area (Å²) in [5.74, 6) is -0.797. The Hall–Kier alpha value is -4.35. The van der Waals surface area contributed by atoms with Gasteiger partial charge in [-0.15, -0.1) is 10.2 Å². The molecule has 0 fully saturated rings. The van der Waals surface area contributed by atoms with Crippen LogP contribution in [0.4, 0.5) is 22.7 Å². The van der Waals surface area contributed by atoms with Crippen molar-refractivity contribution in [1.29, 1.82) is 0 Å². The number of rotatable bonds is 6. The first kappa shape index (κ1) is 19.4. The van der Waals surface area contributed by atoms with Gasteiger partial charge in [0.15, 0.2) is 5.69 Å². The van der Waals surface area contributed by atoms with E-state index in [1.807, 2.05) is 13.0 Å². The van der Waals surface area contributed by atoms with E-state index in [1.54, 1.807) is 19.1 Å². The lowest BCUT2D eigenvalue weighted by molar-refractivity contribution is -0.392. The number of nitro groups is 2. The number of nitro benzene ring substituents is 2. The summed E-state index contributed by atoms with van der Waals surface area (Å²) in [5.41, 5.74) is 2.76. The molecule has 2 aromatic carbocycles. The molecule has 29 heavy (non-hydrogen) atoms. The van der Waals surface area contributed by atoms with Crippen LogP contribution in [0.15, 0.2) is 43.0 Å². The molecule has 0 spiro atoms. The third kappa shape index (κ3) is 4.16. The zero-order valence-electron chi connectivity index (χ0n) is 15.3. The summed E-state index contributed by atoms with van der Waals surface area (Å²) in [4.78, 5) is 34.0. The van der Waals surface area contributed by atoms with E-state index in [4.69, 9.17) is 0 Å². The number of aromatic nitrogens is 3. The maximum Gasteiger partial charge on any atom is 0.300 e. The van der Waals surface area contributed by atoms with E-state index in [0.717, 1.165) is 27.9 Å². The molecule has 3 aromatic rings. The second-order valence-electron chi connectivity index (χ2n) is 6.16. The normalized spacial score (nSPS) is 10.4. The van der Waals surface area contributed by atoms with Crippen LogP contribution in [-0.4, -0.2) is 30.6 Å². The lowest BCUT2D eigenvalue weighted by Crippen LogP contribution is -2.22. The minimum absolute atomic E-state index is 0.261. The zero-order chi connectivity index (χ0) is 21.1. The van der Waals surface area contributed by atoms with E-state index in [1.165, 1.54) is 12.7 Å². The molecule has 0 saturated heterocycles. The highest BCUT2D eigenvalue weighted by Gasteiger charge is 2.29. The highest BCUT2D eigenvalue weighted by atomic mass is 16.6. The summed E-state index contributed by atoms with van der Waals surface area (Å²) in [7, 11) is 0. The standard InChI is InChI=1S/C17H15N7O5/c1-10-3-4-13(11(2)5-10)20-16-14(23(26)27)6-12(7-15(16)24(28)29)17(25)21-22-8-18-19-9-22/h3-9,20H,1-2H3,(H,21,25). The number of hydrogen-bond acceptors (Lipinski definition) is 8. The average molecular weight is 397 g/mol. The van der Waals surface area contributed by atoms with Gasteiger partial charge in [0.25, 0.3) is 5.91 Å². The van der Waals surface area contributed by atoms with Gasteiger partial charge in [-0.2, -0.15) is 0 Å². The van der Waals surface area contributed by atoms with Crippen LogP contribution in [0.2, 0.25) is 0 Å². The van der Waals surface area contributed by atoms with Gasteiger partial charge in [0.1, 0.15) is 12.7 Å². The first-order valence-electron chi connectivity index (χ1n) is 8.23. The molecule has 0 aliphatic carbocycles. The second kappa shape index (κ2) is 7.72. The molecular weight excluding hydrogens is 382 g/mol. The molecule has 0 aliphatic heterocycles. The highest BCUT2D eigenvalue weighted by molar-refractivity contribution is 6.02. The van der Waals surface area contributed by atoms with Gasteiger partial charge in [-0.05, 0) is 25.5 Å². The van der Waals surface area contributed by atoms with Crippen molar-refractivity contribution in [3.63, 3.8) is 0 Å². The largest absolute Gasteiger partial charge is 0.344 e. The molecule has 1 amide bonds. The Morgan fingerprint density at radius 2 is 1.59 bits per heavy atom. The predicted octanol–water partition coefficient (Wildman–Crippen LogP) is 2.84. The molecule has 12 heteroatoms. The number of carbonyl (C=O) groups is 1. The number of amides is 1. The molecule has 0 unspecified atom stereocenters. The van der Waals surface area contributed by atoms with E-state index in [2.05, 4.69) is 20.9 Å². The van der Waals surface area contributed by atoms with E-state index >= 15 is 0 Å². The smallest absolute Gasteiger partial charge is 0.300 e. The summed E-state index contributed by atoms with van der Waals surface area (Å²) < 4.78 is 1.11. The zero-order valence-corrected chi connectivity index (χ0v) is 15.3. The maximum atomic E-state index is 12.4. The third-order valence-corrected chi connectivity index (χ3v) is 4.04. The van der Waals surface area contributed by atoms with Crippen molar-refractivity contribution in [2.24, 2.45) is 0 Å². The Bertz CT molecular complexity index is 1080. The summed E-state index contributed by atoms with van der Waals surface area (Å²) >= 11 is 0. The van der Waals surface area contributed by atoms with Crippen LogP contribution in [0.5, 0.6) is 0 Å². The Labute approximate surface area is 163 Å². The third-order valence-electron chi connectivity index (χ3n) is 4.04. The SMILES string of the molecule is Cc1ccc(Nc2c([N+](=O)[O-])cc(C(=O)Nn3cnnc3)cc2[N+](=O)[O-])c(C)c1. The van der Waals surface area contributed by atoms with Gasteiger partial charge in [-0.3, -0.25) is 30.4 Å². The van der Waals surface area contributed by atoms with Crippen LogP contribution < -0.4 is 10.7 Å². The van der Waals surface area contributed by atoms with Crippen molar-refractivity contribution >= 4 is 28.7 Å². The summed E-state index contributed by atoms with van der Waals surface area (Å²) in [5, 5.41) is 33.0. The molecule has 1 aromatic heterocycles. The van der Waals surface area contributed by atoms with Crippen molar-refractivity contribution in [2.45, 2.75) is 13.8 Å². The molecule has 0 aliphatic rings. The molecule has 12 nitrogen and oxygen atoms in total. The first-order chi connectivity index (χ1) is 13.8. The van der Waals surface area contributed by atoms with Gasteiger partial charge in [0, 0.05) is 17.8 Å². The van der Waals surface area contributed by atoms with E-state index in [0.29, 0.717) is 5.69 Å². The quantitative estimate of drug-likeness (QED) is 0.474. The number of carbonyl (C=O) groups excluding carboxylic acids is 1. The fourth-order valence-corrected chi connectivity index (χ4v) is 2.69. The molecule has 0 atom stereocenters. The molecule has 148 valence electrons. The van der Waals surface area contributed by atoms with Crippen LogP contribution >= 0.6 is 0 Å². The minimum atomic E-state index is -0.797. The molecule has 2 N–H and O–H groups in total. The Morgan fingerprint density at radius 1 is 1.00 bits per heavy atom. The van der Waals surface area contributed by atoms with Gasteiger partial charge < -0.3 is 5.32 Å². The highest BCUT2D eigenvalue weighted by Crippen LogP contribution is 2.38. The number of benzene rings is 2. The van der Waals surface area contributed by atoms with Crippen LogP contribution in [0.3, 0.4) is 0 Å². The van der Waals surface area contributed by atoms with E-state index in [9.17, 15) is 25.0 Å². The van der Waals surface area contributed by atoms with Crippen LogP contribution in [-0.2, 0) is 0 Å². The van der Waals surface area contributed by atoms with Crippen LogP contribution in [0.1, 0.15) is 21.5 Å². The van der Waals surface area contributed by atoms with Crippen molar-refractivity contribution < 1.29 is 14.6 Å². The summed E-state index contributed by atoms with van der Waals surface area (Å²) in [6.45, 7) is 3.65. The second-order valence-corrected chi connectivity index (χ2v) is 6.16.